The fraction of sp³-hybridized carbons (Fsp3) is 0.0526. The molecule has 0 aliphatic heterocycles. The number of aromatic nitrogens is 1. The quantitative estimate of drug-likeness (QED) is 0.290. The molecule has 3 aromatic rings. The second-order valence-corrected chi connectivity index (χ2v) is 6.73. The first-order chi connectivity index (χ1) is 14.5. The van der Waals surface area contributed by atoms with Crippen molar-refractivity contribution in [1.82, 2.24) is 0 Å². The molecule has 0 atom stereocenters. The summed E-state index contributed by atoms with van der Waals surface area (Å²) in [5.74, 6) is -3.48. The van der Waals surface area contributed by atoms with Crippen LogP contribution < -0.4 is 19.5 Å². The zero-order chi connectivity index (χ0) is 22.8. The number of alkyl halides is 3. The number of nitrogens with zero attached hydrogens (tertiary/aromatic N) is 1. The lowest BCUT2D eigenvalue weighted by Crippen LogP contribution is -2.25. The highest BCUT2D eigenvalue weighted by atomic mass is 35.5. The molecule has 0 saturated heterocycles. The predicted octanol–water partition coefficient (Wildman–Crippen LogP) is 5.71. The summed E-state index contributed by atoms with van der Waals surface area (Å²) < 4.78 is 60.5. The van der Waals surface area contributed by atoms with Crippen LogP contribution in [0.2, 0.25) is 10.0 Å². The van der Waals surface area contributed by atoms with Crippen molar-refractivity contribution < 1.29 is 36.6 Å². The number of nitrogens with one attached hydrogen (secondary N) is 1. The molecule has 162 valence electrons. The Labute approximate surface area is 182 Å². The SMILES string of the molecule is O=C(Nc1ccc[n+]([O-])c1)c1cc(Cl)c(Cl)cc1Oc1ccc(OC(F)(F)F)cc1F. The molecule has 0 bridgehead atoms. The van der Waals surface area contributed by atoms with E-state index in [0.29, 0.717) is 10.8 Å². The van der Waals surface area contributed by atoms with E-state index in [1.807, 2.05) is 0 Å². The molecule has 0 aliphatic carbocycles. The van der Waals surface area contributed by atoms with Gasteiger partial charge in [0.05, 0.1) is 15.6 Å². The van der Waals surface area contributed by atoms with E-state index in [1.54, 1.807) is 0 Å². The van der Waals surface area contributed by atoms with Gasteiger partial charge in [-0.2, -0.15) is 4.73 Å². The van der Waals surface area contributed by atoms with E-state index < -0.39 is 29.6 Å². The number of carbonyl (C=O) groups is 1. The fourth-order valence-electron chi connectivity index (χ4n) is 2.40. The van der Waals surface area contributed by atoms with E-state index in [9.17, 15) is 27.6 Å². The first-order valence-corrected chi connectivity index (χ1v) is 9.00. The van der Waals surface area contributed by atoms with Gasteiger partial charge in [0.2, 0.25) is 6.20 Å². The average Bonchev–Trinajstić information content (AvgIpc) is 2.65. The van der Waals surface area contributed by atoms with Gasteiger partial charge in [-0.25, -0.2) is 4.39 Å². The van der Waals surface area contributed by atoms with Crippen LogP contribution in [0.3, 0.4) is 0 Å². The minimum atomic E-state index is -5.00. The summed E-state index contributed by atoms with van der Waals surface area (Å²) in [5.41, 5.74) is -0.0231. The Hall–Kier alpha value is -3.24. The standard InChI is InChI=1S/C19H10Cl2F4N2O4/c20-13-7-12(18(28)26-10-2-1-5-27(29)9-10)17(8-14(13)21)30-16-4-3-11(6-15(16)22)31-19(23,24)25/h1-9H,(H,26,28). The summed E-state index contributed by atoms with van der Waals surface area (Å²) in [5, 5.41) is 13.7. The van der Waals surface area contributed by atoms with Crippen LogP contribution in [0.1, 0.15) is 10.4 Å². The number of pyridine rings is 1. The Morgan fingerprint density at radius 3 is 2.42 bits per heavy atom. The van der Waals surface area contributed by atoms with Gasteiger partial charge < -0.3 is 20.0 Å². The predicted molar refractivity (Wildman–Crippen MR) is 103 cm³/mol. The molecule has 0 aliphatic rings. The van der Waals surface area contributed by atoms with Crippen molar-refractivity contribution in [3.8, 4) is 17.2 Å². The van der Waals surface area contributed by atoms with Crippen molar-refractivity contribution in [2.24, 2.45) is 0 Å². The lowest BCUT2D eigenvalue weighted by Gasteiger charge is -2.14. The van der Waals surface area contributed by atoms with Crippen LogP contribution in [0.5, 0.6) is 17.2 Å². The van der Waals surface area contributed by atoms with Crippen molar-refractivity contribution >= 4 is 34.8 Å². The third-order valence-electron chi connectivity index (χ3n) is 3.66. The van der Waals surface area contributed by atoms with Crippen molar-refractivity contribution in [3.63, 3.8) is 0 Å². The Morgan fingerprint density at radius 2 is 1.77 bits per heavy atom. The average molecular weight is 477 g/mol. The van der Waals surface area contributed by atoms with Crippen molar-refractivity contribution in [2.45, 2.75) is 6.36 Å². The molecule has 1 heterocycles. The normalized spacial score (nSPS) is 11.2. The van der Waals surface area contributed by atoms with Gasteiger partial charge in [-0.05, 0) is 24.3 Å². The molecule has 3 rings (SSSR count). The van der Waals surface area contributed by atoms with E-state index in [0.717, 1.165) is 30.5 Å². The van der Waals surface area contributed by atoms with Crippen LogP contribution in [0.25, 0.3) is 0 Å². The number of benzene rings is 2. The molecule has 1 N–H and O–H groups in total. The number of amides is 1. The molecule has 31 heavy (non-hydrogen) atoms. The Kier molecular flexibility index (Phi) is 6.42. The summed E-state index contributed by atoms with van der Waals surface area (Å²) >= 11 is 11.9. The van der Waals surface area contributed by atoms with Crippen molar-refractivity contribution in [2.75, 3.05) is 5.32 Å². The smallest absolute Gasteiger partial charge is 0.573 e. The summed E-state index contributed by atoms with van der Waals surface area (Å²) in [6.07, 6.45) is -2.70. The van der Waals surface area contributed by atoms with Gasteiger partial charge in [0.1, 0.15) is 17.2 Å². The second kappa shape index (κ2) is 8.86. The Morgan fingerprint density at radius 1 is 1.06 bits per heavy atom. The minimum absolute atomic E-state index is 0.0134. The second-order valence-electron chi connectivity index (χ2n) is 5.91. The van der Waals surface area contributed by atoms with Crippen molar-refractivity contribution in [3.05, 3.63) is 81.5 Å². The third-order valence-corrected chi connectivity index (χ3v) is 4.38. The summed E-state index contributed by atoms with van der Waals surface area (Å²) in [4.78, 5) is 12.7. The maximum atomic E-state index is 14.2. The van der Waals surface area contributed by atoms with Crippen LogP contribution in [0.15, 0.2) is 54.9 Å². The number of halogens is 6. The van der Waals surface area contributed by atoms with Crippen LogP contribution in [-0.2, 0) is 0 Å². The van der Waals surface area contributed by atoms with E-state index in [4.69, 9.17) is 27.9 Å². The number of hydrogen-bond donors (Lipinski definition) is 1. The fourth-order valence-corrected chi connectivity index (χ4v) is 2.71. The Bertz CT molecular complexity index is 1140. The van der Waals surface area contributed by atoms with Crippen LogP contribution in [0.4, 0.5) is 23.2 Å². The van der Waals surface area contributed by atoms with E-state index >= 15 is 0 Å². The first-order valence-electron chi connectivity index (χ1n) is 8.24. The number of ether oxygens (including phenoxy) is 2. The van der Waals surface area contributed by atoms with Gasteiger partial charge in [-0.1, -0.05) is 23.2 Å². The maximum absolute atomic E-state index is 14.2. The molecule has 0 spiro atoms. The van der Waals surface area contributed by atoms with E-state index in [-0.39, 0.29) is 27.0 Å². The van der Waals surface area contributed by atoms with E-state index in [1.165, 1.54) is 18.3 Å². The summed E-state index contributed by atoms with van der Waals surface area (Å²) in [6.45, 7) is 0. The van der Waals surface area contributed by atoms with Gasteiger partial charge in [-0.3, -0.25) is 4.79 Å². The molecular weight excluding hydrogens is 467 g/mol. The highest BCUT2D eigenvalue weighted by Gasteiger charge is 2.31. The third kappa shape index (κ3) is 5.89. The molecule has 1 amide bonds. The number of anilines is 1. The zero-order valence-electron chi connectivity index (χ0n) is 15.0. The zero-order valence-corrected chi connectivity index (χ0v) is 16.6. The molecule has 2 aromatic carbocycles. The number of carbonyl (C=O) groups excluding carboxylic acids is 1. The lowest BCUT2D eigenvalue weighted by molar-refractivity contribution is -0.604. The first kappa shape index (κ1) is 22.4. The molecule has 0 radical (unpaired) electrons. The molecular formula is C19H10Cl2F4N2O4. The monoisotopic (exact) mass is 476 g/mol. The van der Waals surface area contributed by atoms with Crippen molar-refractivity contribution in [1.29, 1.82) is 0 Å². The minimum Gasteiger partial charge on any atom is -0.619 e. The maximum Gasteiger partial charge on any atom is 0.573 e. The van der Waals surface area contributed by atoms with Gasteiger partial charge in [-0.15, -0.1) is 13.2 Å². The van der Waals surface area contributed by atoms with Gasteiger partial charge in [0, 0.05) is 18.2 Å². The van der Waals surface area contributed by atoms with Gasteiger partial charge in [0.25, 0.3) is 5.91 Å². The summed E-state index contributed by atoms with van der Waals surface area (Å²) in [6, 6.07) is 7.33. The molecule has 12 heteroatoms. The topological polar surface area (TPSA) is 74.5 Å². The molecule has 0 fully saturated rings. The molecule has 1 aromatic heterocycles. The highest BCUT2D eigenvalue weighted by molar-refractivity contribution is 6.42. The number of hydrogen-bond acceptors (Lipinski definition) is 4. The van der Waals surface area contributed by atoms with Gasteiger partial charge in [0.15, 0.2) is 17.8 Å². The highest BCUT2D eigenvalue weighted by Crippen LogP contribution is 2.36. The van der Waals surface area contributed by atoms with Crippen LogP contribution >= 0.6 is 23.2 Å². The number of rotatable bonds is 5. The molecule has 0 saturated carbocycles. The summed E-state index contributed by atoms with van der Waals surface area (Å²) in [7, 11) is 0. The molecule has 6 nitrogen and oxygen atoms in total. The van der Waals surface area contributed by atoms with E-state index in [2.05, 4.69) is 10.1 Å². The van der Waals surface area contributed by atoms with Gasteiger partial charge >= 0.3 is 6.36 Å². The lowest BCUT2D eigenvalue weighted by atomic mass is 10.1. The van der Waals surface area contributed by atoms with Crippen LogP contribution in [0, 0.1) is 11.0 Å². The Balaban J connectivity index is 1.91. The largest absolute Gasteiger partial charge is 0.619 e. The molecule has 0 unspecified atom stereocenters. The van der Waals surface area contributed by atoms with Crippen LogP contribution in [-0.4, -0.2) is 12.3 Å².